The van der Waals surface area contributed by atoms with Gasteiger partial charge in [0.25, 0.3) is 0 Å². The van der Waals surface area contributed by atoms with E-state index >= 15 is 0 Å². The third-order valence-corrected chi connectivity index (χ3v) is 14.9. The quantitative estimate of drug-likeness (QED) is 0.152. The molecule has 65 heavy (non-hydrogen) atoms. The molecule has 0 aliphatic carbocycles. The van der Waals surface area contributed by atoms with Crippen molar-refractivity contribution >= 4 is 77.2 Å². The fourth-order valence-corrected chi connectivity index (χ4v) is 11.3. The van der Waals surface area contributed by atoms with Gasteiger partial charge in [-0.1, -0.05) is 123 Å². The minimum Gasteiger partial charge on any atom is -0.310 e. The van der Waals surface area contributed by atoms with E-state index in [1.165, 1.54) is 43.0 Å². The highest BCUT2D eigenvalue weighted by atomic mass is 32.1. The van der Waals surface area contributed by atoms with Gasteiger partial charge in [-0.05, 0) is 143 Å². The van der Waals surface area contributed by atoms with Crippen LogP contribution in [0.5, 0.6) is 0 Å². The van der Waals surface area contributed by atoms with Gasteiger partial charge in [0.1, 0.15) is 10.0 Å². The van der Waals surface area contributed by atoms with Crippen molar-refractivity contribution in [2.75, 3.05) is 9.80 Å². The predicted molar refractivity (Wildman–Crippen MR) is 276 cm³/mol. The van der Waals surface area contributed by atoms with Crippen molar-refractivity contribution in [3.63, 3.8) is 0 Å². The first-order valence-corrected chi connectivity index (χ1v) is 23.6. The van der Waals surface area contributed by atoms with E-state index in [9.17, 15) is 0 Å². The van der Waals surface area contributed by atoms with E-state index in [4.69, 9.17) is 9.97 Å². The molecule has 3 heterocycles. The van der Waals surface area contributed by atoms with E-state index in [1.54, 1.807) is 22.7 Å². The normalized spacial score (nSPS) is 12.9. The number of hydrogen-bond donors (Lipinski definition) is 0. The Morgan fingerprint density at radius 1 is 0.385 bits per heavy atom. The van der Waals surface area contributed by atoms with Crippen molar-refractivity contribution in [1.29, 1.82) is 0 Å². The highest BCUT2D eigenvalue weighted by Gasteiger charge is 2.37. The maximum Gasteiger partial charge on any atom is 0.124 e. The number of anilines is 6. The summed E-state index contributed by atoms with van der Waals surface area (Å²) >= 11 is 3.48. The van der Waals surface area contributed by atoms with Crippen LogP contribution in [0.4, 0.5) is 34.1 Å². The molecule has 1 aliphatic rings. The van der Waals surface area contributed by atoms with E-state index in [0.29, 0.717) is 0 Å². The molecule has 0 atom stereocenters. The zero-order valence-corrected chi connectivity index (χ0v) is 37.5. The summed E-state index contributed by atoms with van der Waals surface area (Å²) in [5.41, 5.74) is 18.2. The lowest BCUT2D eigenvalue weighted by atomic mass is 9.73. The molecule has 0 spiro atoms. The monoisotopic (exact) mass is 870 g/mol. The summed E-state index contributed by atoms with van der Waals surface area (Å²) in [6.07, 6.45) is 0. The van der Waals surface area contributed by atoms with E-state index in [0.717, 1.165) is 66.1 Å². The molecule has 11 aromatic rings. The molecule has 0 radical (unpaired) electrons. The van der Waals surface area contributed by atoms with Gasteiger partial charge in [0, 0.05) is 39.3 Å². The first-order chi connectivity index (χ1) is 31.9. The summed E-state index contributed by atoms with van der Waals surface area (Å²) in [6, 6.07) is 78.7. The Kier molecular flexibility index (Phi) is 9.51. The van der Waals surface area contributed by atoms with Crippen molar-refractivity contribution < 1.29 is 0 Å². The first-order valence-electron chi connectivity index (χ1n) is 22.0. The Hall–Kier alpha value is -7.64. The van der Waals surface area contributed by atoms with Crippen LogP contribution in [0.1, 0.15) is 25.0 Å². The molecule has 4 nitrogen and oxygen atoms in total. The van der Waals surface area contributed by atoms with Gasteiger partial charge in [-0.3, -0.25) is 0 Å². The van der Waals surface area contributed by atoms with Crippen molar-refractivity contribution in [2.24, 2.45) is 0 Å². The van der Waals surface area contributed by atoms with Crippen LogP contribution in [0.15, 0.2) is 218 Å². The summed E-state index contributed by atoms with van der Waals surface area (Å²) < 4.78 is 2.40. The second-order valence-corrected chi connectivity index (χ2v) is 19.1. The summed E-state index contributed by atoms with van der Waals surface area (Å²) in [5.74, 6) is 0. The minimum absolute atomic E-state index is 0.202. The SMILES string of the molecule is CC1(C)c2ccccc2N(c2ccc(-c3ccc(N(c4ccc(-c5nc6ccccc6s5)cc4)c4cccc(-c5ccccc5)c4)cc3)cc2)c2ccc(-c3nc4ccccc4s3)cc21. The average Bonchev–Trinajstić information content (AvgIpc) is 4.01. The number of hydrogen-bond acceptors (Lipinski definition) is 6. The lowest BCUT2D eigenvalue weighted by Gasteiger charge is -2.42. The molecule has 9 aromatic carbocycles. The minimum atomic E-state index is -0.202. The van der Waals surface area contributed by atoms with Crippen LogP contribution in [0.3, 0.4) is 0 Å². The topological polar surface area (TPSA) is 32.3 Å². The van der Waals surface area contributed by atoms with Gasteiger partial charge in [-0.15, -0.1) is 22.7 Å². The number of aromatic nitrogens is 2. The van der Waals surface area contributed by atoms with Crippen LogP contribution in [-0.2, 0) is 5.41 Å². The maximum atomic E-state index is 5.02. The third-order valence-electron chi connectivity index (χ3n) is 12.7. The number of fused-ring (bicyclic) bond motifs is 4. The summed E-state index contributed by atoms with van der Waals surface area (Å²) in [5, 5.41) is 2.07. The van der Waals surface area contributed by atoms with Crippen LogP contribution in [-0.4, -0.2) is 9.97 Å². The van der Waals surface area contributed by atoms with Crippen molar-refractivity contribution in [3.05, 3.63) is 230 Å². The van der Waals surface area contributed by atoms with E-state index < -0.39 is 0 Å². The highest BCUT2D eigenvalue weighted by molar-refractivity contribution is 7.22. The van der Waals surface area contributed by atoms with Crippen LogP contribution in [0.25, 0.3) is 63.8 Å². The fraction of sp³-hybridized carbons (Fsp3) is 0.0508. The molecule has 2 aromatic heterocycles. The molecule has 0 saturated carbocycles. The molecule has 0 fully saturated rings. The summed E-state index contributed by atoms with van der Waals surface area (Å²) in [4.78, 5) is 14.7. The molecule has 6 heteroatoms. The lowest BCUT2D eigenvalue weighted by Crippen LogP contribution is -2.30. The average molecular weight is 871 g/mol. The molecule has 1 aliphatic heterocycles. The van der Waals surface area contributed by atoms with Gasteiger partial charge < -0.3 is 9.80 Å². The summed E-state index contributed by atoms with van der Waals surface area (Å²) in [7, 11) is 0. The molecular formula is C59H42N4S2. The second kappa shape index (κ2) is 15.9. The molecule has 0 N–H and O–H groups in total. The molecule has 0 saturated heterocycles. The largest absolute Gasteiger partial charge is 0.310 e. The number of benzene rings is 9. The van der Waals surface area contributed by atoms with Gasteiger partial charge in [0.05, 0.1) is 31.8 Å². The van der Waals surface area contributed by atoms with Gasteiger partial charge in [-0.2, -0.15) is 0 Å². The Morgan fingerprint density at radius 3 is 1.55 bits per heavy atom. The zero-order chi connectivity index (χ0) is 43.5. The van der Waals surface area contributed by atoms with Gasteiger partial charge in [0.2, 0.25) is 0 Å². The van der Waals surface area contributed by atoms with Crippen LogP contribution >= 0.6 is 22.7 Å². The summed E-state index contributed by atoms with van der Waals surface area (Å²) in [6.45, 7) is 4.69. The molecule has 12 rings (SSSR count). The van der Waals surface area contributed by atoms with E-state index in [-0.39, 0.29) is 5.41 Å². The zero-order valence-electron chi connectivity index (χ0n) is 35.9. The number of para-hydroxylation sites is 3. The highest BCUT2D eigenvalue weighted by Crippen LogP contribution is 2.53. The molecule has 310 valence electrons. The van der Waals surface area contributed by atoms with Crippen molar-refractivity contribution in [3.8, 4) is 43.4 Å². The number of rotatable bonds is 8. The Morgan fingerprint density at radius 2 is 0.892 bits per heavy atom. The van der Waals surface area contributed by atoms with Gasteiger partial charge >= 0.3 is 0 Å². The maximum absolute atomic E-state index is 5.02. The molecule has 0 unspecified atom stereocenters. The predicted octanol–water partition coefficient (Wildman–Crippen LogP) is 17.2. The Labute approximate surface area is 387 Å². The van der Waals surface area contributed by atoms with Crippen LogP contribution < -0.4 is 9.80 Å². The van der Waals surface area contributed by atoms with Gasteiger partial charge in [-0.25, -0.2) is 9.97 Å². The first kappa shape index (κ1) is 39.0. The standard InChI is InChI=1S/C59H42N4S2/c1-59(2)49-17-6-9-20-53(49)63(54-36-29-44(38-50(54)59)58-61-52-19-8-11-22-56(52)65-58)47-32-25-41(26-33-47)40-23-30-45(31-24-40)62(48-16-12-15-43(37-48)39-13-4-3-5-14-39)46-34-27-42(28-35-46)57-60-51-18-7-10-21-55(51)64-57/h3-38H,1-2H3. The third kappa shape index (κ3) is 6.99. The second-order valence-electron chi connectivity index (χ2n) is 17.1. The van der Waals surface area contributed by atoms with Gasteiger partial charge in [0.15, 0.2) is 0 Å². The van der Waals surface area contributed by atoms with Crippen molar-refractivity contribution in [2.45, 2.75) is 19.3 Å². The smallest absolute Gasteiger partial charge is 0.124 e. The number of nitrogens with zero attached hydrogens (tertiary/aromatic N) is 4. The molecule has 0 amide bonds. The molecule has 0 bridgehead atoms. The fourth-order valence-electron chi connectivity index (χ4n) is 9.37. The number of thiazole rings is 2. The Bertz CT molecular complexity index is 3450. The Balaban J connectivity index is 0.880. The molecular weight excluding hydrogens is 829 g/mol. The van der Waals surface area contributed by atoms with Crippen LogP contribution in [0.2, 0.25) is 0 Å². The van der Waals surface area contributed by atoms with E-state index in [2.05, 4.69) is 236 Å². The van der Waals surface area contributed by atoms with Crippen LogP contribution in [0, 0.1) is 0 Å². The lowest BCUT2D eigenvalue weighted by molar-refractivity contribution is 0.632. The van der Waals surface area contributed by atoms with E-state index in [1.807, 2.05) is 6.07 Å². The van der Waals surface area contributed by atoms with Crippen molar-refractivity contribution in [1.82, 2.24) is 9.97 Å².